The Kier molecular flexibility index (Phi) is 8.10. The molecule has 1 fully saturated rings. The van der Waals surface area contributed by atoms with E-state index in [4.69, 9.17) is 0 Å². The Morgan fingerprint density at radius 3 is 2.61 bits per heavy atom. The van der Waals surface area contributed by atoms with Crippen molar-refractivity contribution in [3.05, 3.63) is 66.6 Å². The van der Waals surface area contributed by atoms with Gasteiger partial charge in [0, 0.05) is 42.5 Å². The third-order valence-corrected chi connectivity index (χ3v) is 7.00. The van der Waals surface area contributed by atoms with Gasteiger partial charge in [0.15, 0.2) is 5.78 Å². The number of aromatic nitrogens is 4. The second-order valence-corrected chi connectivity index (χ2v) is 9.74. The number of ketones is 1. The quantitative estimate of drug-likeness (QED) is 0.292. The average Bonchev–Trinajstić information content (AvgIpc) is 3.49. The third kappa shape index (κ3) is 6.15. The van der Waals surface area contributed by atoms with E-state index in [0.717, 1.165) is 28.0 Å². The van der Waals surface area contributed by atoms with Gasteiger partial charge in [-0.3, -0.25) is 9.78 Å². The van der Waals surface area contributed by atoms with Gasteiger partial charge >= 0.3 is 0 Å². The van der Waals surface area contributed by atoms with E-state index in [1.165, 1.54) is 38.8 Å². The Balaban J connectivity index is 0.000000233. The van der Waals surface area contributed by atoms with Gasteiger partial charge in [-0.1, -0.05) is 26.3 Å². The Labute approximate surface area is 213 Å². The molecule has 0 saturated carbocycles. The number of rotatable bonds is 7. The van der Waals surface area contributed by atoms with Crippen LogP contribution in [-0.2, 0) is 0 Å². The summed E-state index contributed by atoms with van der Waals surface area (Å²) in [6.07, 6.45) is 8.99. The molecule has 3 aromatic heterocycles. The normalized spacial score (nSPS) is 17.6. The number of nitrogens with one attached hydrogen (secondary N) is 2. The van der Waals surface area contributed by atoms with Crippen LogP contribution in [0.1, 0.15) is 56.9 Å². The molecule has 5 rings (SSSR count). The monoisotopic (exact) mass is 484 g/mol. The lowest BCUT2D eigenvalue weighted by Crippen LogP contribution is -2.24. The van der Waals surface area contributed by atoms with Crippen LogP contribution >= 0.6 is 0 Å². The average molecular weight is 485 g/mol. The van der Waals surface area contributed by atoms with Gasteiger partial charge in [-0.2, -0.15) is 0 Å². The fourth-order valence-electron chi connectivity index (χ4n) is 4.96. The van der Waals surface area contributed by atoms with Gasteiger partial charge in [0.25, 0.3) is 0 Å². The number of fused-ring (bicyclic) bond motifs is 1. The van der Waals surface area contributed by atoms with Gasteiger partial charge in [0.05, 0.1) is 17.1 Å². The van der Waals surface area contributed by atoms with Crippen LogP contribution in [0.3, 0.4) is 0 Å². The number of hydrogen-bond donors (Lipinski definition) is 2. The van der Waals surface area contributed by atoms with Crippen LogP contribution in [-0.4, -0.2) is 50.8 Å². The highest BCUT2D eigenvalue weighted by Crippen LogP contribution is 2.37. The van der Waals surface area contributed by atoms with Crippen molar-refractivity contribution in [1.29, 1.82) is 0 Å². The molecular weight excluding hydrogens is 448 g/mol. The molecule has 1 aromatic carbocycles. The summed E-state index contributed by atoms with van der Waals surface area (Å²) in [5, 5.41) is 4.15. The summed E-state index contributed by atoms with van der Waals surface area (Å²) < 4.78 is 0. The molecule has 36 heavy (non-hydrogen) atoms. The van der Waals surface area contributed by atoms with E-state index in [1.54, 1.807) is 19.3 Å². The molecule has 1 saturated heterocycles. The maximum absolute atomic E-state index is 11.5. The molecule has 0 amide bonds. The first-order valence-corrected chi connectivity index (χ1v) is 12.7. The second kappa shape index (κ2) is 11.4. The lowest BCUT2D eigenvalue weighted by Gasteiger charge is -2.26. The molecule has 2 N–H and O–H groups in total. The van der Waals surface area contributed by atoms with Crippen LogP contribution < -0.4 is 5.32 Å². The first kappa shape index (κ1) is 25.5. The summed E-state index contributed by atoms with van der Waals surface area (Å²) in [4.78, 5) is 30.1. The number of carbonyl (C=O) groups excluding carboxylic acids is 1. The lowest BCUT2D eigenvalue weighted by atomic mass is 9.80. The summed E-state index contributed by atoms with van der Waals surface area (Å²) in [5.41, 5.74) is 4.59. The maximum atomic E-state index is 11.5. The Morgan fingerprint density at radius 1 is 1.08 bits per heavy atom. The highest BCUT2D eigenvalue weighted by molar-refractivity contribution is 5.98. The zero-order valence-corrected chi connectivity index (χ0v) is 21.7. The third-order valence-electron chi connectivity index (χ3n) is 7.00. The number of H-pyrrole nitrogens is 1. The molecule has 7 heteroatoms. The molecule has 4 aromatic rings. The number of likely N-dealkylation sites (tertiary alicyclic amines) is 1. The van der Waals surface area contributed by atoms with Crippen molar-refractivity contribution in [1.82, 2.24) is 24.8 Å². The zero-order valence-electron chi connectivity index (χ0n) is 21.7. The molecule has 1 aliphatic rings. The van der Waals surface area contributed by atoms with Crippen LogP contribution in [0.15, 0.2) is 60.9 Å². The Morgan fingerprint density at radius 2 is 1.94 bits per heavy atom. The van der Waals surface area contributed by atoms with E-state index in [2.05, 4.69) is 51.0 Å². The van der Waals surface area contributed by atoms with Crippen molar-refractivity contribution in [2.45, 2.75) is 46.5 Å². The van der Waals surface area contributed by atoms with E-state index in [0.29, 0.717) is 17.1 Å². The number of benzene rings is 1. The molecule has 4 heterocycles. The maximum Gasteiger partial charge on any atom is 0.227 e. The van der Waals surface area contributed by atoms with E-state index in [1.807, 2.05) is 48.5 Å². The molecule has 0 spiro atoms. The molecule has 188 valence electrons. The number of pyridine rings is 1. The standard InChI is InChI=1S/C19H15N5O.C10H21N/c1-12(25)18-11-13-10-14(5-6-15(13)23-18)22-19-21-9-7-17(24-19)16-4-2-3-8-20-16;1-4-6-10(5-2)7-8-11(3)9-10/h2-11,23H,1H3,(H,21,22,24);4-9H2,1-3H3. The van der Waals surface area contributed by atoms with Crippen molar-refractivity contribution >= 4 is 28.3 Å². The van der Waals surface area contributed by atoms with Crippen molar-refractivity contribution in [3.63, 3.8) is 0 Å². The number of carbonyl (C=O) groups is 1. The number of Topliss-reactive ketones (excluding diaryl/α,β-unsaturated/α-hetero) is 1. The Bertz CT molecular complexity index is 1300. The number of aromatic amines is 1. The summed E-state index contributed by atoms with van der Waals surface area (Å²) in [6, 6.07) is 15.1. The van der Waals surface area contributed by atoms with E-state index < -0.39 is 0 Å². The molecule has 1 atom stereocenters. The number of hydrogen-bond acceptors (Lipinski definition) is 6. The van der Waals surface area contributed by atoms with Crippen molar-refractivity contribution in [2.75, 3.05) is 25.5 Å². The van der Waals surface area contributed by atoms with Crippen molar-refractivity contribution < 1.29 is 4.79 Å². The second-order valence-electron chi connectivity index (χ2n) is 9.74. The smallest absolute Gasteiger partial charge is 0.227 e. The largest absolute Gasteiger partial charge is 0.352 e. The molecule has 1 unspecified atom stereocenters. The van der Waals surface area contributed by atoms with E-state index >= 15 is 0 Å². The lowest BCUT2D eigenvalue weighted by molar-refractivity contribution is 0.101. The molecule has 0 aliphatic carbocycles. The Hall–Kier alpha value is -3.58. The molecule has 7 nitrogen and oxygen atoms in total. The van der Waals surface area contributed by atoms with Gasteiger partial charge in [-0.05, 0) is 80.7 Å². The molecule has 0 radical (unpaired) electrons. The van der Waals surface area contributed by atoms with E-state index in [9.17, 15) is 4.79 Å². The van der Waals surface area contributed by atoms with Crippen LogP contribution in [0.25, 0.3) is 22.3 Å². The summed E-state index contributed by atoms with van der Waals surface area (Å²) in [6.45, 7) is 8.83. The van der Waals surface area contributed by atoms with Crippen molar-refractivity contribution in [3.8, 4) is 11.4 Å². The van der Waals surface area contributed by atoms with Crippen LogP contribution in [0, 0.1) is 5.41 Å². The predicted octanol–water partition coefficient (Wildman–Crippen LogP) is 6.48. The first-order chi connectivity index (χ1) is 17.4. The van der Waals surface area contributed by atoms with Crippen LogP contribution in [0.5, 0.6) is 0 Å². The van der Waals surface area contributed by atoms with Crippen LogP contribution in [0.4, 0.5) is 11.6 Å². The molecular formula is C29H36N6O. The van der Waals surface area contributed by atoms with Gasteiger partial charge in [-0.15, -0.1) is 0 Å². The highest BCUT2D eigenvalue weighted by atomic mass is 16.1. The topological polar surface area (TPSA) is 86.8 Å². The first-order valence-electron chi connectivity index (χ1n) is 12.7. The number of anilines is 2. The summed E-state index contributed by atoms with van der Waals surface area (Å²) in [5.74, 6) is 0.502. The minimum Gasteiger partial charge on any atom is -0.352 e. The summed E-state index contributed by atoms with van der Waals surface area (Å²) >= 11 is 0. The summed E-state index contributed by atoms with van der Waals surface area (Å²) in [7, 11) is 2.24. The SMILES string of the molecule is CC(=O)c1cc2cc(Nc3nccc(-c4ccccn4)n3)ccc2[nH]1.CCCC1(CC)CCN(C)C1. The highest BCUT2D eigenvalue weighted by Gasteiger charge is 2.33. The van der Waals surface area contributed by atoms with Crippen molar-refractivity contribution in [2.24, 2.45) is 5.41 Å². The minimum absolute atomic E-state index is 0.0112. The van der Waals surface area contributed by atoms with Gasteiger partial charge in [0.1, 0.15) is 0 Å². The van der Waals surface area contributed by atoms with Gasteiger partial charge in [0.2, 0.25) is 5.95 Å². The van der Waals surface area contributed by atoms with E-state index in [-0.39, 0.29) is 5.78 Å². The van der Waals surface area contributed by atoms with Gasteiger partial charge < -0.3 is 15.2 Å². The minimum atomic E-state index is 0.0112. The van der Waals surface area contributed by atoms with Crippen LogP contribution in [0.2, 0.25) is 0 Å². The predicted molar refractivity (Wildman–Crippen MR) is 147 cm³/mol. The molecule has 1 aliphatic heterocycles. The fourth-order valence-corrected chi connectivity index (χ4v) is 4.96. The molecule has 0 bridgehead atoms. The van der Waals surface area contributed by atoms with Gasteiger partial charge in [-0.25, -0.2) is 9.97 Å². The fraction of sp³-hybridized carbons (Fsp3) is 0.379. The number of nitrogens with zero attached hydrogens (tertiary/aromatic N) is 4. The zero-order chi connectivity index (χ0) is 25.5.